The number of carbonyl (C=O) groups is 2. The molecule has 0 unspecified atom stereocenters. The molecule has 0 saturated carbocycles. The minimum Gasteiger partial charge on any atom is -0.443 e. The summed E-state index contributed by atoms with van der Waals surface area (Å²) in [5, 5.41) is 0.157. The topological polar surface area (TPSA) is 78.0 Å². The Hall–Kier alpha value is -1.93. The first-order chi connectivity index (χ1) is 13.7. The van der Waals surface area contributed by atoms with Gasteiger partial charge in [-0.25, -0.2) is 14.6 Å². The molecule has 0 aliphatic carbocycles. The average Bonchev–Trinajstić information content (AvgIpc) is 2.50. The summed E-state index contributed by atoms with van der Waals surface area (Å²) in [6, 6.07) is 1.89. The lowest BCUT2D eigenvalue weighted by Crippen LogP contribution is -2.44. The summed E-state index contributed by atoms with van der Waals surface area (Å²) in [7, 11) is -0.787. The fraction of sp³-hybridized carbons (Fsp3) is 0.696. The first-order valence-corrected chi connectivity index (χ1v) is 11.9. The van der Waals surface area contributed by atoms with E-state index >= 15 is 0 Å². The molecular formula is C23H40N2O5Si. The Labute approximate surface area is 189 Å². The molecule has 0 spiro atoms. The van der Waals surface area contributed by atoms with Crippen LogP contribution in [0.2, 0.25) is 5.04 Å². The van der Waals surface area contributed by atoms with Crippen LogP contribution in [0.5, 0.6) is 0 Å². The second kappa shape index (κ2) is 9.28. The minimum absolute atomic E-state index is 0.157. The molecule has 0 bridgehead atoms. The molecule has 2 amide bonds. The van der Waals surface area contributed by atoms with Gasteiger partial charge in [-0.05, 0) is 79.0 Å². The molecule has 8 heteroatoms. The molecule has 7 nitrogen and oxygen atoms in total. The molecule has 0 aliphatic rings. The number of pyridine rings is 1. The van der Waals surface area contributed by atoms with E-state index in [1.807, 2.05) is 19.9 Å². The van der Waals surface area contributed by atoms with Crippen LogP contribution in [0.25, 0.3) is 0 Å². The highest BCUT2D eigenvalue weighted by Gasteiger charge is 2.35. The predicted octanol–water partition coefficient (Wildman–Crippen LogP) is 5.62. The quantitative estimate of drug-likeness (QED) is 0.552. The van der Waals surface area contributed by atoms with E-state index in [9.17, 15) is 9.59 Å². The number of amides is 2. The number of ether oxygens (including phenoxy) is 2. The van der Waals surface area contributed by atoms with Gasteiger partial charge in [0, 0.05) is 11.8 Å². The first kappa shape index (κ1) is 27.1. The van der Waals surface area contributed by atoms with Crippen molar-refractivity contribution >= 4 is 27.8 Å². The number of aromatic nitrogens is 1. The first-order valence-electron chi connectivity index (χ1n) is 10.6. The monoisotopic (exact) mass is 452 g/mol. The number of imide groups is 1. The zero-order valence-corrected chi connectivity index (χ0v) is 22.7. The lowest BCUT2D eigenvalue weighted by Gasteiger charge is -2.31. The highest BCUT2D eigenvalue weighted by atomic mass is 28.2. The zero-order valence-electron chi connectivity index (χ0n) is 21.3. The Kier molecular flexibility index (Phi) is 8.11. The van der Waals surface area contributed by atoms with Crippen molar-refractivity contribution in [3.05, 3.63) is 23.4 Å². The smallest absolute Gasteiger partial charge is 0.425 e. The van der Waals surface area contributed by atoms with Crippen LogP contribution in [0, 0.1) is 6.92 Å². The van der Waals surface area contributed by atoms with Gasteiger partial charge in [0.15, 0.2) is 15.6 Å². The van der Waals surface area contributed by atoms with Crippen molar-refractivity contribution in [1.82, 2.24) is 4.98 Å². The maximum Gasteiger partial charge on any atom is 0.425 e. The van der Waals surface area contributed by atoms with Gasteiger partial charge >= 0.3 is 12.2 Å². The molecule has 31 heavy (non-hydrogen) atoms. The Bertz CT molecular complexity index is 774. The van der Waals surface area contributed by atoms with Gasteiger partial charge in [-0.15, -0.1) is 0 Å². The van der Waals surface area contributed by atoms with E-state index in [0.717, 1.165) is 10.5 Å². The average molecular weight is 453 g/mol. The normalized spacial score (nSPS) is 13.4. The molecular weight excluding hydrogens is 412 g/mol. The Morgan fingerprint density at radius 3 is 1.68 bits per heavy atom. The number of nitrogens with zero attached hydrogens (tertiary/aromatic N) is 2. The number of carbonyl (C=O) groups excluding carboxylic acids is 2. The Morgan fingerprint density at radius 1 is 0.871 bits per heavy atom. The van der Waals surface area contributed by atoms with E-state index < -0.39 is 38.8 Å². The minimum atomic E-state index is -0.833. The van der Waals surface area contributed by atoms with E-state index in [1.165, 1.54) is 0 Å². The van der Waals surface area contributed by atoms with Crippen molar-refractivity contribution < 1.29 is 23.5 Å². The lowest BCUT2D eigenvalue weighted by molar-refractivity contribution is 0.0428. The second-order valence-corrected chi connectivity index (χ2v) is 14.2. The third-order valence-electron chi connectivity index (χ3n) is 3.98. The molecule has 0 saturated heterocycles. The van der Waals surface area contributed by atoms with Gasteiger partial charge in [0.2, 0.25) is 0 Å². The van der Waals surface area contributed by atoms with Crippen molar-refractivity contribution in [3.63, 3.8) is 0 Å². The zero-order chi connectivity index (χ0) is 24.4. The molecule has 0 fully saturated rings. The van der Waals surface area contributed by atoms with Gasteiger partial charge < -0.3 is 13.9 Å². The molecule has 0 aliphatic heterocycles. The summed E-state index contributed by atoms with van der Waals surface area (Å²) in [4.78, 5) is 31.1. The van der Waals surface area contributed by atoms with Crippen molar-refractivity contribution in [2.45, 2.75) is 105 Å². The molecule has 1 aromatic heterocycles. The van der Waals surface area contributed by atoms with Gasteiger partial charge in [-0.3, -0.25) is 0 Å². The Morgan fingerprint density at radius 2 is 1.32 bits per heavy atom. The van der Waals surface area contributed by atoms with Crippen molar-refractivity contribution in [3.8, 4) is 0 Å². The van der Waals surface area contributed by atoms with E-state index in [-0.39, 0.29) is 10.9 Å². The van der Waals surface area contributed by atoms with Crippen molar-refractivity contribution in [2.75, 3.05) is 4.90 Å². The largest absolute Gasteiger partial charge is 0.443 e. The molecule has 0 atom stereocenters. The van der Waals surface area contributed by atoms with Crippen LogP contribution in [0.3, 0.4) is 0 Å². The van der Waals surface area contributed by atoms with E-state index in [2.05, 4.69) is 25.8 Å². The summed E-state index contributed by atoms with van der Waals surface area (Å²) in [6.07, 6.45) is -0.0253. The van der Waals surface area contributed by atoms with Gasteiger partial charge in [0.1, 0.15) is 11.2 Å². The third-order valence-corrected chi connectivity index (χ3v) is 5.71. The van der Waals surface area contributed by atoms with E-state index in [4.69, 9.17) is 13.9 Å². The molecule has 176 valence electrons. The fourth-order valence-electron chi connectivity index (χ4n) is 2.47. The molecule has 1 heterocycles. The number of rotatable bonds is 4. The summed E-state index contributed by atoms with van der Waals surface area (Å²) in [6.45, 7) is 22.7. The highest BCUT2D eigenvalue weighted by molar-refractivity contribution is 6.31. The molecule has 0 aromatic carbocycles. The maximum atomic E-state index is 12.9. The van der Waals surface area contributed by atoms with Gasteiger partial charge in [0.25, 0.3) is 0 Å². The fourth-order valence-corrected chi connectivity index (χ4v) is 3.43. The number of aryl methyl sites for hydroxylation is 1. The molecule has 1 rings (SSSR count). The molecule has 0 N–H and O–H groups in total. The predicted molar refractivity (Wildman–Crippen MR) is 126 cm³/mol. The summed E-state index contributed by atoms with van der Waals surface area (Å²) in [5.74, 6) is 0.177. The maximum absolute atomic E-state index is 12.9. The van der Waals surface area contributed by atoms with Crippen LogP contribution in [0.4, 0.5) is 15.4 Å². The number of anilines is 1. The molecule has 0 radical (unpaired) electrons. The SMILES string of the molecule is Cc1cc(C(C)(C)O[SiH2]C(C)(C)C)cnc1N(C(=O)OC(C)(C)C)C(=O)OC(C)(C)C. The van der Waals surface area contributed by atoms with Crippen LogP contribution in [-0.2, 0) is 19.5 Å². The van der Waals surface area contributed by atoms with E-state index in [0.29, 0.717) is 5.56 Å². The van der Waals surface area contributed by atoms with Gasteiger partial charge in [-0.2, -0.15) is 4.90 Å². The number of hydrogen-bond donors (Lipinski definition) is 0. The standard InChI is InChI=1S/C23H40N2O5Si/c1-15-13-16(23(11,12)30-31-22(8,9)10)14-24-17(15)25(18(26)28-20(2,3)4)19(27)29-21(5,6)7/h13-14H,31H2,1-12H3. The van der Waals surface area contributed by atoms with Crippen molar-refractivity contribution in [2.24, 2.45) is 0 Å². The van der Waals surface area contributed by atoms with Gasteiger partial charge in [-0.1, -0.05) is 20.8 Å². The summed E-state index contributed by atoms with van der Waals surface area (Å²) in [5.41, 5.74) is -0.572. The van der Waals surface area contributed by atoms with Crippen LogP contribution in [0.1, 0.15) is 87.3 Å². The molecule has 1 aromatic rings. The van der Waals surface area contributed by atoms with Crippen LogP contribution < -0.4 is 4.90 Å². The Balaban J connectivity index is 3.33. The van der Waals surface area contributed by atoms with Gasteiger partial charge in [0.05, 0.1) is 5.60 Å². The van der Waals surface area contributed by atoms with Crippen LogP contribution in [0.15, 0.2) is 12.3 Å². The van der Waals surface area contributed by atoms with E-state index in [1.54, 1.807) is 54.7 Å². The lowest BCUT2D eigenvalue weighted by atomic mass is 9.99. The van der Waals surface area contributed by atoms with Crippen LogP contribution in [-0.4, -0.2) is 38.1 Å². The third kappa shape index (κ3) is 8.99. The van der Waals surface area contributed by atoms with Crippen molar-refractivity contribution in [1.29, 1.82) is 0 Å². The van der Waals surface area contributed by atoms with Crippen LogP contribution >= 0.6 is 0 Å². The second-order valence-electron chi connectivity index (χ2n) is 11.5. The number of hydrogen-bond acceptors (Lipinski definition) is 6. The summed E-state index contributed by atoms with van der Waals surface area (Å²) < 4.78 is 17.2. The highest BCUT2D eigenvalue weighted by Crippen LogP contribution is 2.32. The summed E-state index contributed by atoms with van der Waals surface area (Å²) >= 11 is 0.